The van der Waals surface area contributed by atoms with Crippen molar-refractivity contribution in [2.45, 2.75) is 13.1 Å². The minimum absolute atomic E-state index is 1.01. The number of nitrogens with zero attached hydrogens (tertiary/aromatic N) is 1. The summed E-state index contributed by atoms with van der Waals surface area (Å²) in [5.41, 5.74) is 4.15. The molecule has 0 aliphatic carbocycles. The molecule has 0 atom stereocenters. The van der Waals surface area contributed by atoms with Gasteiger partial charge < -0.3 is 0 Å². The molecule has 1 aliphatic rings. The lowest BCUT2D eigenvalue weighted by molar-refractivity contribution is 0.288. The summed E-state index contributed by atoms with van der Waals surface area (Å²) in [7, 11) is 0. The van der Waals surface area contributed by atoms with Gasteiger partial charge in [-0.05, 0) is 16.7 Å². The van der Waals surface area contributed by atoms with Gasteiger partial charge in [-0.15, -0.1) is 0 Å². The summed E-state index contributed by atoms with van der Waals surface area (Å²) in [6.45, 7) is 3.06. The first-order chi connectivity index (χ1) is 8.92. The summed E-state index contributed by atoms with van der Waals surface area (Å²) in [5, 5.41) is 0. The Balaban J connectivity index is 1.79. The summed E-state index contributed by atoms with van der Waals surface area (Å²) in [4.78, 5) is 2.47. The Kier molecular flexibility index (Phi) is 3.24. The van der Waals surface area contributed by atoms with Crippen LogP contribution in [0.4, 0.5) is 0 Å². The van der Waals surface area contributed by atoms with Crippen molar-refractivity contribution in [1.82, 2.24) is 4.90 Å². The van der Waals surface area contributed by atoms with Crippen molar-refractivity contribution in [3.8, 4) is 0 Å². The average molecular weight is 235 g/mol. The Morgan fingerprint density at radius 3 is 2.56 bits per heavy atom. The molecule has 1 aliphatic heterocycles. The quantitative estimate of drug-likeness (QED) is 0.767. The van der Waals surface area contributed by atoms with Crippen LogP contribution >= 0.6 is 0 Å². The number of benzene rings is 2. The van der Waals surface area contributed by atoms with Crippen LogP contribution in [0.1, 0.15) is 16.7 Å². The van der Waals surface area contributed by atoms with E-state index >= 15 is 0 Å². The molecule has 18 heavy (non-hydrogen) atoms. The van der Waals surface area contributed by atoms with Gasteiger partial charge in [0.15, 0.2) is 0 Å². The Labute approximate surface area is 108 Å². The Morgan fingerprint density at radius 1 is 0.889 bits per heavy atom. The number of hydrogen-bond acceptors (Lipinski definition) is 1. The van der Waals surface area contributed by atoms with Crippen LogP contribution in [0.25, 0.3) is 6.08 Å². The highest BCUT2D eigenvalue weighted by molar-refractivity contribution is 5.54. The van der Waals surface area contributed by atoms with Crippen LogP contribution in [0, 0.1) is 0 Å². The molecule has 0 radical (unpaired) electrons. The fourth-order valence-corrected chi connectivity index (χ4v) is 2.44. The van der Waals surface area contributed by atoms with E-state index in [4.69, 9.17) is 0 Å². The predicted molar refractivity (Wildman–Crippen MR) is 76.0 cm³/mol. The van der Waals surface area contributed by atoms with Gasteiger partial charge in [0.05, 0.1) is 0 Å². The number of fused-ring (bicyclic) bond motifs is 1. The zero-order valence-electron chi connectivity index (χ0n) is 10.4. The topological polar surface area (TPSA) is 3.24 Å². The molecular formula is C17H17N. The van der Waals surface area contributed by atoms with Crippen molar-refractivity contribution in [2.24, 2.45) is 0 Å². The maximum Gasteiger partial charge on any atom is 0.0246 e. The van der Waals surface area contributed by atoms with Gasteiger partial charge in [0.2, 0.25) is 0 Å². The second-order valence-corrected chi connectivity index (χ2v) is 4.76. The molecule has 0 saturated carbocycles. The van der Waals surface area contributed by atoms with Crippen molar-refractivity contribution in [2.75, 3.05) is 6.54 Å². The van der Waals surface area contributed by atoms with Crippen LogP contribution < -0.4 is 0 Å². The molecule has 0 amide bonds. The molecule has 2 aromatic carbocycles. The standard InChI is InChI=1S/C17H17N/c1-2-7-15(8-3-1)13-18-12-6-11-16-9-4-5-10-17(16)14-18/h1-11H,12-14H2. The minimum Gasteiger partial charge on any atom is -0.291 e. The van der Waals surface area contributed by atoms with Gasteiger partial charge in [-0.3, -0.25) is 4.90 Å². The molecule has 0 spiro atoms. The highest BCUT2D eigenvalue weighted by Crippen LogP contribution is 2.18. The molecule has 0 bridgehead atoms. The second-order valence-electron chi connectivity index (χ2n) is 4.76. The third-order valence-electron chi connectivity index (χ3n) is 3.36. The van der Waals surface area contributed by atoms with Crippen LogP contribution in [-0.2, 0) is 13.1 Å². The first-order valence-electron chi connectivity index (χ1n) is 6.42. The molecule has 3 rings (SSSR count). The van der Waals surface area contributed by atoms with Gasteiger partial charge in [-0.2, -0.15) is 0 Å². The second kappa shape index (κ2) is 5.19. The average Bonchev–Trinajstić information content (AvgIpc) is 2.61. The maximum absolute atomic E-state index is 2.47. The van der Waals surface area contributed by atoms with E-state index in [9.17, 15) is 0 Å². The first-order valence-corrected chi connectivity index (χ1v) is 6.42. The van der Waals surface area contributed by atoms with E-state index in [0.717, 1.165) is 19.6 Å². The minimum atomic E-state index is 1.01. The van der Waals surface area contributed by atoms with Crippen molar-refractivity contribution < 1.29 is 0 Å². The predicted octanol–water partition coefficient (Wildman–Crippen LogP) is 3.72. The van der Waals surface area contributed by atoms with Crippen molar-refractivity contribution in [1.29, 1.82) is 0 Å². The summed E-state index contributed by atoms with van der Waals surface area (Å²) in [6, 6.07) is 19.3. The van der Waals surface area contributed by atoms with E-state index in [2.05, 4.69) is 71.6 Å². The summed E-state index contributed by atoms with van der Waals surface area (Å²) >= 11 is 0. The van der Waals surface area contributed by atoms with E-state index < -0.39 is 0 Å². The van der Waals surface area contributed by atoms with Gasteiger partial charge in [-0.25, -0.2) is 0 Å². The van der Waals surface area contributed by atoms with Crippen molar-refractivity contribution in [3.05, 3.63) is 77.4 Å². The number of hydrogen-bond donors (Lipinski definition) is 0. The summed E-state index contributed by atoms with van der Waals surface area (Å²) in [5.74, 6) is 0. The van der Waals surface area contributed by atoms with Gasteiger partial charge in [0.25, 0.3) is 0 Å². The Hall–Kier alpha value is -1.86. The summed E-state index contributed by atoms with van der Waals surface area (Å²) in [6.07, 6.45) is 4.50. The van der Waals surface area contributed by atoms with E-state index in [1.54, 1.807) is 0 Å². The monoisotopic (exact) mass is 235 g/mol. The van der Waals surface area contributed by atoms with Crippen LogP contribution in [-0.4, -0.2) is 11.4 Å². The molecule has 1 heterocycles. The summed E-state index contributed by atoms with van der Waals surface area (Å²) < 4.78 is 0. The van der Waals surface area contributed by atoms with Gasteiger partial charge >= 0.3 is 0 Å². The van der Waals surface area contributed by atoms with Crippen LogP contribution in [0.5, 0.6) is 0 Å². The normalized spacial score (nSPS) is 15.1. The van der Waals surface area contributed by atoms with Crippen molar-refractivity contribution in [3.63, 3.8) is 0 Å². The molecule has 0 fully saturated rings. The largest absolute Gasteiger partial charge is 0.291 e. The van der Waals surface area contributed by atoms with Crippen LogP contribution in [0.2, 0.25) is 0 Å². The lowest BCUT2D eigenvalue weighted by atomic mass is 10.1. The van der Waals surface area contributed by atoms with Crippen molar-refractivity contribution >= 4 is 6.08 Å². The molecule has 1 heteroatoms. The van der Waals surface area contributed by atoms with Crippen LogP contribution in [0.15, 0.2) is 60.7 Å². The van der Waals surface area contributed by atoms with Gasteiger partial charge in [-0.1, -0.05) is 66.7 Å². The Morgan fingerprint density at radius 2 is 1.67 bits per heavy atom. The molecule has 90 valence electrons. The molecule has 0 unspecified atom stereocenters. The molecule has 0 saturated heterocycles. The third kappa shape index (κ3) is 2.52. The smallest absolute Gasteiger partial charge is 0.0246 e. The Bertz CT molecular complexity index is 543. The maximum atomic E-state index is 2.47. The zero-order valence-corrected chi connectivity index (χ0v) is 10.4. The molecule has 0 aromatic heterocycles. The molecule has 1 nitrogen and oxygen atoms in total. The third-order valence-corrected chi connectivity index (χ3v) is 3.36. The molecular weight excluding hydrogens is 218 g/mol. The number of rotatable bonds is 2. The van der Waals surface area contributed by atoms with E-state index in [1.165, 1.54) is 16.7 Å². The van der Waals surface area contributed by atoms with Crippen LogP contribution in [0.3, 0.4) is 0 Å². The molecule has 0 N–H and O–H groups in total. The zero-order chi connectivity index (χ0) is 12.2. The first kappa shape index (κ1) is 11.2. The molecule has 2 aromatic rings. The van der Waals surface area contributed by atoms with E-state index in [-0.39, 0.29) is 0 Å². The fourth-order valence-electron chi connectivity index (χ4n) is 2.44. The van der Waals surface area contributed by atoms with Gasteiger partial charge in [0, 0.05) is 19.6 Å². The lowest BCUT2D eigenvalue weighted by Crippen LogP contribution is -2.22. The SMILES string of the molecule is C1=Cc2ccccc2CN(Cc2ccccc2)C1. The highest BCUT2D eigenvalue weighted by Gasteiger charge is 2.10. The van der Waals surface area contributed by atoms with Gasteiger partial charge in [0.1, 0.15) is 0 Å². The highest BCUT2D eigenvalue weighted by atomic mass is 15.1. The van der Waals surface area contributed by atoms with E-state index in [1.807, 2.05) is 0 Å². The van der Waals surface area contributed by atoms with E-state index in [0.29, 0.717) is 0 Å². The lowest BCUT2D eigenvalue weighted by Gasteiger charge is -2.20. The fraction of sp³-hybridized carbons (Fsp3) is 0.176.